The number of fused-ring (bicyclic) bond motifs is 1. The number of phenolic OH excluding ortho intramolecular Hbond substituents is 1. The fourth-order valence-corrected chi connectivity index (χ4v) is 4.48. The molecule has 0 bridgehead atoms. The quantitative estimate of drug-likeness (QED) is 0.667. The predicted molar refractivity (Wildman–Crippen MR) is 109 cm³/mol. The van der Waals surface area contributed by atoms with Crippen LogP contribution in [0, 0.1) is 13.8 Å². The number of phenols is 1. The second kappa shape index (κ2) is 7.42. The van der Waals surface area contributed by atoms with Crippen molar-refractivity contribution in [1.82, 2.24) is 4.72 Å². The van der Waals surface area contributed by atoms with Crippen LogP contribution in [-0.4, -0.2) is 20.3 Å². The minimum absolute atomic E-state index is 0.0580. The Balaban J connectivity index is 1.81. The smallest absolute Gasteiger partial charge is 0.241 e. The van der Waals surface area contributed by atoms with Crippen molar-refractivity contribution in [2.75, 3.05) is 6.79 Å². The lowest BCUT2D eigenvalue weighted by atomic mass is 9.97. The molecular formula is C22H21NO5S. The fourth-order valence-electron chi connectivity index (χ4n) is 3.28. The molecule has 3 aromatic rings. The summed E-state index contributed by atoms with van der Waals surface area (Å²) in [5, 5.41) is 10.6. The molecule has 0 aromatic heterocycles. The number of sulfonamides is 1. The summed E-state index contributed by atoms with van der Waals surface area (Å²) in [6.07, 6.45) is 0. The number of aryl methyl sites for hydroxylation is 2. The number of nitrogens with one attached hydrogen (secondary N) is 1. The van der Waals surface area contributed by atoms with Crippen molar-refractivity contribution < 1.29 is 23.0 Å². The number of aromatic hydroxyl groups is 1. The summed E-state index contributed by atoms with van der Waals surface area (Å²) in [7, 11) is -3.85. The lowest BCUT2D eigenvalue weighted by Crippen LogP contribution is -2.29. The lowest BCUT2D eigenvalue weighted by molar-refractivity contribution is 0.174. The minimum Gasteiger partial charge on any atom is -0.507 e. The molecule has 2 N–H and O–H groups in total. The molecule has 1 aliphatic rings. The van der Waals surface area contributed by atoms with Crippen LogP contribution in [-0.2, 0) is 10.0 Å². The average Bonchev–Trinajstić information content (AvgIpc) is 3.13. The van der Waals surface area contributed by atoms with Crippen LogP contribution >= 0.6 is 0 Å². The highest BCUT2D eigenvalue weighted by Crippen LogP contribution is 2.41. The van der Waals surface area contributed by atoms with Gasteiger partial charge in [0.15, 0.2) is 11.5 Å². The van der Waals surface area contributed by atoms with Crippen LogP contribution in [0.25, 0.3) is 0 Å². The first-order chi connectivity index (χ1) is 13.8. The second-order valence-corrected chi connectivity index (χ2v) is 8.76. The molecule has 1 unspecified atom stereocenters. The highest BCUT2D eigenvalue weighted by Gasteiger charge is 2.28. The van der Waals surface area contributed by atoms with Crippen LogP contribution in [0.4, 0.5) is 0 Å². The molecule has 0 fully saturated rings. The first-order valence-electron chi connectivity index (χ1n) is 9.11. The van der Waals surface area contributed by atoms with Gasteiger partial charge in [0.05, 0.1) is 10.9 Å². The molecule has 1 heterocycles. The standard InChI is InChI=1S/C22H21NO5S/c1-14-6-8-17(9-7-14)29(25,26)23-22(16-5-3-4-15(2)10-16)18-11-20-21(12-19(18)24)28-13-27-20/h3-12,22-24H,13H2,1-2H3. The van der Waals surface area contributed by atoms with Crippen LogP contribution in [0.5, 0.6) is 17.2 Å². The number of hydrogen-bond donors (Lipinski definition) is 2. The third kappa shape index (κ3) is 3.92. The third-order valence-electron chi connectivity index (χ3n) is 4.81. The van der Waals surface area contributed by atoms with Crippen LogP contribution in [0.1, 0.15) is 28.3 Å². The maximum atomic E-state index is 13.1. The fraction of sp³-hybridized carbons (Fsp3) is 0.182. The maximum absolute atomic E-state index is 13.1. The summed E-state index contributed by atoms with van der Waals surface area (Å²) < 4.78 is 39.6. The zero-order valence-electron chi connectivity index (χ0n) is 16.0. The molecule has 1 aliphatic heterocycles. The highest BCUT2D eigenvalue weighted by atomic mass is 32.2. The molecule has 0 aliphatic carbocycles. The van der Waals surface area contributed by atoms with E-state index < -0.39 is 16.1 Å². The Morgan fingerprint density at radius 2 is 1.62 bits per heavy atom. The number of hydrogen-bond acceptors (Lipinski definition) is 5. The molecule has 0 saturated carbocycles. The van der Waals surface area contributed by atoms with E-state index in [0.717, 1.165) is 11.1 Å². The van der Waals surface area contributed by atoms with Crippen LogP contribution in [0.15, 0.2) is 65.6 Å². The van der Waals surface area contributed by atoms with Gasteiger partial charge in [0.2, 0.25) is 16.8 Å². The van der Waals surface area contributed by atoms with E-state index in [1.54, 1.807) is 30.3 Å². The van der Waals surface area contributed by atoms with Gasteiger partial charge in [-0.2, -0.15) is 4.72 Å². The van der Waals surface area contributed by atoms with Crippen molar-refractivity contribution in [3.8, 4) is 17.2 Å². The Kier molecular flexibility index (Phi) is 4.94. The third-order valence-corrected chi connectivity index (χ3v) is 6.25. The van der Waals surface area contributed by atoms with Crippen LogP contribution in [0.3, 0.4) is 0 Å². The molecule has 1 atom stereocenters. The van der Waals surface area contributed by atoms with Gasteiger partial charge in [-0.1, -0.05) is 47.5 Å². The van der Waals surface area contributed by atoms with Gasteiger partial charge in [-0.3, -0.25) is 0 Å². The van der Waals surface area contributed by atoms with Crippen molar-refractivity contribution in [3.63, 3.8) is 0 Å². The molecule has 0 spiro atoms. The number of rotatable bonds is 5. The van der Waals surface area contributed by atoms with Gasteiger partial charge in [-0.05, 0) is 37.6 Å². The minimum atomic E-state index is -3.85. The summed E-state index contributed by atoms with van der Waals surface area (Å²) in [5.41, 5.74) is 3.03. The second-order valence-electron chi connectivity index (χ2n) is 7.05. The lowest BCUT2D eigenvalue weighted by Gasteiger charge is -2.21. The van der Waals surface area contributed by atoms with Crippen LogP contribution in [0.2, 0.25) is 0 Å². The summed E-state index contributed by atoms with van der Waals surface area (Å²) >= 11 is 0. The summed E-state index contributed by atoms with van der Waals surface area (Å²) in [4.78, 5) is 0.154. The van der Waals surface area contributed by atoms with Crippen molar-refractivity contribution in [1.29, 1.82) is 0 Å². The van der Waals surface area contributed by atoms with Crippen molar-refractivity contribution in [3.05, 3.63) is 82.9 Å². The van der Waals surface area contributed by atoms with E-state index in [9.17, 15) is 13.5 Å². The van der Waals surface area contributed by atoms with E-state index in [0.29, 0.717) is 22.6 Å². The zero-order valence-corrected chi connectivity index (χ0v) is 16.9. The molecule has 6 nitrogen and oxygen atoms in total. The van der Waals surface area contributed by atoms with Gasteiger partial charge in [0.1, 0.15) is 5.75 Å². The molecule has 0 saturated heterocycles. The molecule has 150 valence electrons. The number of ether oxygens (including phenoxy) is 2. The molecule has 29 heavy (non-hydrogen) atoms. The Morgan fingerprint density at radius 1 is 0.931 bits per heavy atom. The highest BCUT2D eigenvalue weighted by molar-refractivity contribution is 7.89. The maximum Gasteiger partial charge on any atom is 0.241 e. The number of benzene rings is 3. The first kappa shape index (κ1) is 19.3. The Hall–Kier alpha value is -3.03. The zero-order chi connectivity index (χ0) is 20.6. The largest absolute Gasteiger partial charge is 0.507 e. The van der Waals surface area contributed by atoms with E-state index in [-0.39, 0.29) is 17.4 Å². The average molecular weight is 411 g/mol. The van der Waals surface area contributed by atoms with Gasteiger partial charge in [0.25, 0.3) is 0 Å². The summed E-state index contributed by atoms with van der Waals surface area (Å²) in [6.45, 7) is 3.88. The van der Waals surface area contributed by atoms with Gasteiger partial charge in [-0.25, -0.2) is 8.42 Å². The van der Waals surface area contributed by atoms with Crippen molar-refractivity contribution in [2.24, 2.45) is 0 Å². The van der Waals surface area contributed by atoms with Gasteiger partial charge in [-0.15, -0.1) is 0 Å². The van der Waals surface area contributed by atoms with E-state index in [4.69, 9.17) is 9.47 Å². The topological polar surface area (TPSA) is 84.9 Å². The molecule has 0 amide bonds. The molecular weight excluding hydrogens is 390 g/mol. The Labute approximate surface area is 169 Å². The van der Waals surface area contributed by atoms with Gasteiger partial charge in [0, 0.05) is 11.6 Å². The summed E-state index contributed by atoms with van der Waals surface area (Å²) in [5.74, 6) is 0.813. The van der Waals surface area contributed by atoms with Crippen LogP contribution < -0.4 is 14.2 Å². The Bertz CT molecular complexity index is 1160. The predicted octanol–water partition coefficient (Wildman–Crippen LogP) is 3.81. The van der Waals surface area contributed by atoms with E-state index in [1.807, 2.05) is 38.1 Å². The first-order valence-corrected chi connectivity index (χ1v) is 10.6. The SMILES string of the molecule is Cc1ccc(S(=O)(=O)NC(c2cccc(C)c2)c2cc3c(cc2O)OCO3)cc1. The molecule has 7 heteroatoms. The van der Waals surface area contributed by atoms with Crippen molar-refractivity contribution >= 4 is 10.0 Å². The van der Waals surface area contributed by atoms with E-state index >= 15 is 0 Å². The van der Waals surface area contributed by atoms with E-state index in [1.165, 1.54) is 6.07 Å². The summed E-state index contributed by atoms with van der Waals surface area (Å²) in [6, 6.07) is 16.3. The van der Waals surface area contributed by atoms with E-state index in [2.05, 4.69) is 4.72 Å². The monoisotopic (exact) mass is 411 g/mol. The normalized spacial score (nSPS) is 14.0. The van der Waals surface area contributed by atoms with Gasteiger partial charge < -0.3 is 14.6 Å². The van der Waals surface area contributed by atoms with Gasteiger partial charge >= 0.3 is 0 Å². The molecule has 0 radical (unpaired) electrons. The molecule has 4 rings (SSSR count). The molecule has 3 aromatic carbocycles. The Morgan fingerprint density at radius 3 is 2.31 bits per heavy atom. The van der Waals surface area contributed by atoms with Crippen molar-refractivity contribution in [2.45, 2.75) is 24.8 Å².